The normalized spacial score (nSPS) is 11.5. The van der Waals surface area contributed by atoms with Crippen molar-refractivity contribution in [2.24, 2.45) is 0 Å². The molecule has 0 aliphatic rings. The molecule has 0 heterocycles. The first-order valence-electron chi connectivity index (χ1n) is 4.31. The van der Waals surface area contributed by atoms with Gasteiger partial charge >= 0.3 is 0 Å². The van der Waals surface area contributed by atoms with Crippen molar-refractivity contribution in [1.82, 2.24) is 0 Å². The van der Waals surface area contributed by atoms with Crippen molar-refractivity contribution in [3.8, 4) is 11.8 Å². The second-order valence-corrected chi connectivity index (χ2v) is 3.24. The van der Waals surface area contributed by atoms with Crippen LogP contribution in [0.15, 0.2) is 30.9 Å². The molecule has 1 aromatic carbocycles. The first kappa shape index (κ1) is 11.6. The van der Waals surface area contributed by atoms with Gasteiger partial charge in [-0.1, -0.05) is 18.2 Å². The van der Waals surface area contributed by atoms with Crippen LogP contribution in [0.5, 0.6) is 5.75 Å². The molecule has 0 spiro atoms. The molecule has 0 saturated carbocycles. The molecule has 15 heavy (non-hydrogen) atoms. The summed E-state index contributed by atoms with van der Waals surface area (Å²) in [4.78, 5) is 0. The predicted molar refractivity (Wildman–Crippen MR) is 57.9 cm³/mol. The highest BCUT2D eigenvalue weighted by atomic mass is 35.5. The third-order valence-electron chi connectivity index (χ3n) is 1.79. The molecule has 1 N–H and O–H groups in total. The molecule has 0 aliphatic carbocycles. The smallest absolute Gasteiger partial charge is 0.140 e. The molecule has 0 fully saturated rings. The minimum absolute atomic E-state index is 0.152. The Labute approximate surface area is 93.2 Å². The number of rotatable bonds is 4. The fourth-order valence-electron chi connectivity index (χ4n) is 0.995. The topological polar surface area (TPSA) is 53.2 Å². The Kier molecular flexibility index (Phi) is 4.17. The van der Waals surface area contributed by atoms with Crippen molar-refractivity contribution in [2.75, 3.05) is 6.61 Å². The van der Waals surface area contributed by atoms with E-state index in [1.54, 1.807) is 12.1 Å². The predicted octanol–water partition coefficient (Wildman–Crippen LogP) is 2.14. The van der Waals surface area contributed by atoms with Gasteiger partial charge in [0, 0.05) is 6.07 Å². The lowest BCUT2D eigenvalue weighted by atomic mass is 10.2. The molecule has 1 unspecified atom stereocenters. The zero-order valence-electron chi connectivity index (χ0n) is 7.98. The van der Waals surface area contributed by atoms with Crippen LogP contribution in [0.2, 0.25) is 5.02 Å². The van der Waals surface area contributed by atoms with Gasteiger partial charge in [0.1, 0.15) is 17.9 Å². The van der Waals surface area contributed by atoms with E-state index in [1.165, 1.54) is 12.1 Å². The van der Waals surface area contributed by atoms with Gasteiger partial charge in [0.2, 0.25) is 0 Å². The molecule has 0 saturated heterocycles. The molecule has 0 aliphatic heterocycles. The number of hydrogen-bond acceptors (Lipinski definition) is 3. The van der Waals surface area contributed by atoms with E-state index >= 15 is 0 Å². The van der Waals surface area contributed by atoms with Gasteiger partial charge in [-0.25, -0.2) is 0 Å². The lowest BCUT2D eigenvalue weighted by Crippen LogP contribution is -2.17. The van der Waals surface area contributed by atoms with Gasteiger partial charge in [0.25, 0.3) is 0 Å². The zero-order chi connectivity index (χ0) is 11.3. The van der Waals surface area contributed by atoms with E-state index < -0.39 is 6.10 Å². The molecule has 1 atom stereocenters. The maximum atomic E-state index is 8.88. The summed E-state index contributed by atoms with van der Waals surface area (Å²) in [6.07, 6.45) is 1.03. The summed E-state index contributed by atoms with van der Waals surface area (Å²) in [7, 11) is 0. The Morgan fingerprint density at radius 1 is 1.67 bits per heavy atom. The molecule has 0 bridgehead atoms. The molecule has 0 radical (unpaired) electrons. The lowest BCUT2D eigenvalue weighted by Gasteiger charge is -2.12. The lowest BCUT2D eigenvalue weighted by molar-refractivity contribution is 0.150. The summed E-state index contributed by atoms with van der Waals surface area (Å²) in [5, 5.41) is 17.9. The Hall–Kier alpha value is -1.50. The molecule has 4 heteroatoms. The zero-order valence-corrected chi connectivity index (χ0v) is 8.74. The van der Waals surface area contributed by atoms with Crippen LogP contribution < -0.4 is 4.74 Å². The van der Waals surface area contributed by atoms with Gasteiger partial charge in [-0.2, -0.15) is 5.26 Å². The minimum Gasteiger partial charge on any atom is -0.484 e. The van der Waals surface area contributed by atoms with Crippen molar-refractivity contribution in [3.05, 3.63) is 41.4 Å². The third kappa shape index (κ3) is 2.98. The van der Waals surface area contributed by atoms with E-state index in [-0.39, 0.29) is 6.61 Å². The van der Waals surface area contributed by atoms with Gasteiger partial charge in [0.15, 0.2) is 0 Å². The Bertz CT molecular complexity index is 398. The van der Waals surface area contributed by atoms with Gasteiger partial charge in [-0.3, -0.25) is 0 Å². The summed E-state index contributed by atoms with van der Waals surface area (Å²) < 4.78 is 5.33. The second-order valence-electron chi connectivity index (χ2n) is 2.83. The first-order chi connectivity index (χ1) is 7.21. The van der Waals surface area contributed by atoms with E-state index in [4.69, 9.17) is 26.7 Å². The maximum absolute atomic E-state index is 8.88. The van der Waals surface area contributed by atoms with E-state index in [0.29, 0.717) is 16.3 Å². The van der Waals surface area contributed by atoms with Crippen LogP contribution in [0.4, 0.5) is 0 Å². The van der Waals surface area contributed by atoms with Crippen molar-refractivity contribution >= 4 is 11.6 Å². The fourth-order valence-corrected chi connectivity index (χ4v) is 1.21. The fraction of sp³-hybridized carbons (Fsp3) is 0.182. The standard InChI is InChI=1S/C11H10ClNO2/c1-2-9(7-14)15-10-4-3-8(6-13)11(12)5-10/h2-5,9,14H,1,7H2. The minimum atomic E-state index is -0.464. The Morgan fingerprint density at radius 3 is 2.87 bits per heavy atom. The molecular formula is C11H10ClNO2. The SMILES string of the molecule is C=CC(CO)Oc1ccc(C#N)c(Cl)c1. The maximum Gasteiger partial charge on any atom is 0.140 e. The van der Waals surface area contributed by atoms with Crippen LogP contribution in [-0.2, 0) is 0 Å². The van der Waals surface area contributed by atoms with Crippen LogP contribution in [0.1, 0.15) is 5.56 Å². The summed E-state index contributed by atoms with van der Waals surface area (Å²) in [6.45, 7) is 3.36. The van der Waals surface area contributed by atoms with E-state index in [9.17, 15) is 0 Å². The average molecular weight is 224 g/mol. The Morgan fingerprint density at radius 2 is 2.40 bits per heavy atom. The van der Waals surface area contributed by atoms with Gasteiger partial charge in [-0.15, -0.1) is 0 Å². The van der Waals surface area contributed by atoms with E-state index in [2.05, 4.69) is 6.58 Å². The van der Waals surface area contributed by atoms with E-state index in [0.717, 1.165) is 0 Å². The number of nitriles is 1. The number of aliphatic hydroxyl groups is 1. The van der Waals surface area contributed by atoms with Crippen molar-refractivity contribution in [1.29, 1.82) is 5.26 Å². The summed E-state index contributed by atoms with van der Waals surface area (Å²) in [6, 6.07) is 6.67. The quantitative estimate of drug-likeness (QED) is 0.796. The van der Waals surface area contributed by atoms with Crippen LogP contribution in [0, 0.1) is 11.3 Å². The summed E-state index contributed by atoms with van der Waals surface area (Å²) >= 11 is 5.81. The van der Waals surface area contributed by atoms with Gasteiger partial charge in [-0.05, 0) is 18.2 Å². The van der Waals surface area contributed by atoms with Gasteiger partial charge in [0.05, 0.1) is 17.2 Å². The third-order valence-corrected chi connectivity index (χ3v) is 2.10. The Balaban J connectivity index is 2.84. The van der Waals surface area contributed by atoms with Crippen molar-refractivity contribution in [2.45, 2.75) is 6.10 Å². The molecule has 1 rings (SSSR count). The van der Waals surface area contributed by atoms with Crippen molar-refractivity contribution < 1.29 is 9.84 Å². The molecule has 0 aromatic heterocycles. The highest BCUT2D eigenvalue weighted by Crippen LogP contribution is 2.22. The molecular weight excluding hydrogens is 214 g/mol. The number of aliphatic hydroxyl groups excluding tert-OH is 1. The monoisotopic (exact) mass is 223 g/mol. The highest BCUT2D eigenvalue weighted by Gasteiger charge is 2.06. The summed E-state index contributed by atoms with van der Waals surface area (Å²) in [5.74, 6) is 0.498. The largest absolute Gasteiger partial charge is 0.484 e. The average Bonchev–Trinajstić information content (AvgIpc) is 2.26. The second kappa shape index (κ2) is 5.40. The number of nitrogens with zero attached hydrogens (tertiary/aromatic N) is 1. The van der Waals surface area contributed by atoms with Crippen LogP contribution in [-0.4, -0.2) is 17.8 Å². The van der Waals surface area contributed by atoms with Crippen LogP contribution in [0.3, 0.4) is 0 Å². The number of hydrogen-bond donors (Lipinski definition) is 1. The molecule has 0 amide bonds. The first-order valence-corrected chi connectivity index (χ1v) is 4.68. The highest BCUT2D eigenvalue weighted by molar-refractivity contribution is 6.31. The van der Waals surface area contributed by atoms with Crippen LogP contribution >= 0.6 is 11.6 Å². The van der Waals surface area contributed by atoms with Crippen molar-refractivity contribution in [3.63, 3.8) is 0 Å². The molecule has 3 nitrogen and oxygen atoms in total. The van der Waals surface area contributed by atoms with E-state index in [1.807, 2.05) is 6.07 Å². The number of halogens is 1. The van der Waals surface area contributed by atoms with Gasteiger partial charge < -0.3 is 9.84 Å². The number of ether oxygens (including phenoxy) is 1. The number of benzene rings is 1. The molecule has 1 aromatic rings. The molecule has 78 valence electrons. The summed E-state index contributed by atoms with van der Waals surface area (Å²) in [5.41, 5.74) is 0.392. The van der Waals surface area contributed by atoms with Crippen LogP contribution in [0.25, 0.3) is 0 Å².